The molecule has 2 heteroatoms. The first-order valence-electron chi connectivity index (χ1n) is 5.49. The first-order chi connectivity index (χ1) is 7.20. The van der Waals surface area contributed by atoms with E-state index in [0.717, 1.165) is 12.4 Å². The van der Waals surface area contributed by atoms with Crippen LogP contribution < -0.4 is 0 Å². The minimum Gasteiger partial charge on any atom is -0.354 e. The van der Waals surface area contributed by atoms with E-state index in [1.165, 1.54) is 5.56 Å². The summed E-state index contributed by atoms with van der Waals surface area (Å²) in [5, 5.41) is 0. The lowest BCUT2D eigenvalue weighted by atomic mass is 10.1. The minimum absolute atomic E-state index is 0.480. The maximum atomic E-state index is 4.39. The van der Waals surface area contributed by atoms with Crippen molar-refractivity contribution in [3.05, 3.63) is 35.9 Å². The van der Waals surface area contributed by atoms with E-state index in [9.17, 15) is 0 Å². The average molecular weight is 204 g/mol. The maximum Gasteiger partial charge on any atom is 0.130 e. The van der Waals surface area contributed by atoms with E-state index in [0.29, 0.717) is 6.04 Å². The van der Waals surface area contributed by atoms with Crippen LogP contribution in [-0.4, -0.2) is 30.4 Å². The SMILES string of the molecule is CCN(/C(=N/C)c1ccccc1)C(C)C. The summed E-state index contributed by atoms with van der Waals surface area (Å²) in [5.41, 5.74) is 1.19. The van der Waals surface area contributed by atoms with Gasteiger partial charge in [0.2, 0.25) is 0 Å². The van der Waals surface area contributed by atoms with Crippen molar-refractivity contribution < 1.29 is 0 Å². The highest BCUT2D eigenvalue weighted by Gasteiger charge is 2.13. The van der Waals surface area contributed by atoms with Gasteiger partial charge in [0, 0.05) is 25.2 Å². The molecule has 2 nitrogen and oxygen atoms in total. The normalized spacial score (nSPS) is 11.9. The topological polar surface area (TPSA) is 15.6 Å². The molecule has 15 heavy (non-hydrogen) atoms. The van der Waals surface area contributed by atoms with Crippen molar-refractivity contribution in [2.75, 3.05) is 13.6 Å². The van der Waals surface area contributed by atoms with Crippen molar-refractivity contribution in [3.8, 4) is 0 Å². The molecule has 0 amide bonds. The van der Waals surface area contributed by atoms with Gasteiger partial charge >= 0.3 is 0 Å². The fourth-order valence-corrected chi connectivity index (χ4v) is 1.77. The molecule has 0 bridgehead atoms. The van der Waals surface area contributed by atoms with E-state index in [1.807, 2.05) is 13.1 Å². The van der Waals surface area contributed by atoms with Crippen molar-refractivity contribution in [2.45, 2.75) is 26.8 Å². The summed E-state index contributed by atoms with van der Waals surface area (Å²) in [6, 6.07) is 10.8. The smallest absolute Gasteiger partial charge is 0.130 e. The zero-order valence-electron chi connectivity index (χ0n) is 10.1. The number of amidine groups is 1. The highest BCUT2D eigenvalue weighted by Crippen LogP contribution is 2.08. The Morgan fingerprint density at radius 2 is 1.87 bits per heavy atom. The van der Waals surface area contributed by atoms with Gasteiger partial charge in [-0.2, -0.15) is 0 Å². The van der Waals surface area contributed by atoms with E-state index in [4.69, 9.17) is 0 Å². The molecule has 0 N–H and O–H groups in total. The van der Waals surface area contributed by atoms with Gasteiger partial charge in [-0.05, 0) is 20.8 Å². The number of nitrogens with zero attached hydrogens (tertiary/aromatic N) is 2. The molecule has 0 aliphatic heterocycles. The number of hydrogen-bond donors (Lipinski definition) is 0. The van der Waals surface area contributed by atoms with Crippen molar-refractivity contribution in [1.82, 2.24) is 4.90 Å². The average Bonchev–Trinajstić information content (AvgIpc) is 2.26. The Kier molecular flexibility index (Phi) is 4.35. The molecule has 0 saturated heterocycles. The van der Waals surface area contributed by atoms with Crippen molar-refractivity contribution in [2.24, 2.45) is 4.99 Å². The number of aliphatic imine (C=N–C) groups is 1. The number of hydrogen-bond acceptors (Lipinski definition) is 1. The van der Waals surface area contributed by atoms with Crippen LogP contribution in [0.1, 0.15) is 26.3 Å². The second kappa shape index (κ2) is 5.54. The summed E-state index contributed by atoms with van der Waals surface area (Å²) in [5.74, 6) is 1.08. The van der Waals surface area contributed by atoms with E-state index in [1.54, 1.807) is 0 Å². The van der Waals surface area contributed by atoms with Crippen LogP contribution >= 0.6 is 0 Å². The highest BCUT2D eigenvalue weighted by atomic mass is 15.2. The molecular weight excluding hydrogens is 184 g/mol. The summed E-state index contributed by atoms with van der Waals surface area (Å²) in [4.78, 5) is 6.69. The third-order valence-electron chi connectivity index (χ3n) is 2.48. The lowest BCUT2D eigenvalue weighted by molar-refractivity contribution is 0.367. The molecule has 0 aliphatic rings. The summed E-state index contributed by atoms with van der Waals surface area (Å²) < 4.78 is 0. The van der Waals surface area contributed by atoms with Crippen molar-refractivity contribution in [1.29, 1.82) is 0 Å². The molecule has 0 heterocycles. The molecular formula is C13H20N2. The Hall–Kier alpha value is -1.31. The Morgan fingerprint density at radius 1 is 1.27 bits per heavy atom. The van der Waals surface area contributed by atoms with Gasteiger partial charge in [-0.1, -0.05) is 30.3 Å². The Labute approximate surface area is 92.6 Å². The fourth-order valence-electron chi connectivity index (χ4n) is 1.77. The molecule has 0 aromatic heterocycles. The molecule has 1 aromatic carbocycles. The van der Waals surface area contributed by atoms with E-state index >= 15 is 0 Å². The summed E-state index contributed by atoms with van der Waals surface area (Å²) >= 11 is 0. The summed E-state index contributed by atoms with van der Waals surface area (Å²) in [7, 11) is 1.85. The second-order valence-electron chi connectivity index (χ2n) is 3.79. The van der Waals surface area contributed by atoms with Gasteiger partial charge in [0.1, 0.15) is 5.84 Å². The van der Waals surface area contributed by atoms with Crippen molar-refractivity contribution >= 4 is 5.84 Å². The third kappa shape index (κ3) is 2.82. The fraction of sp³-hybridized carbons (Fsp3) is 0.462. The molecule has 0 saturated carbocycles. The zero-order chi connectivity index (χ0) is 11.3. The third-order valence-corrected chi connectivity index (χ3v) is 2.48. The molecule has 0 aliphatic carbocycles. The zero-order valence-corrected chi connectivity index (χ0v) is 10.1. The van der Waals surface area contributed by atoms with Crippen LogP contribution in [0, 0.1) is 0 Å². The molecule has 0 radical (unpaired) electrons. The minimum atomic E-state index is 0.480. The second-order valence-corrected chi connectivity index (χ2v) is 3.79. The molecule has 1 rings (SSSR count). The van der Waals surface area contributed by atoms with Gasteiger partial charge in [-0.25, -0.2) is 0 Å². The monoisotopic (exact) mass is 204 g/mol. The van der Waals surface area contributed by atoms with Crippen LogP contribution in [0.5, 0.6) is 0 Å². The molecule has 0 fully saturated rings. The standard InChI is InChI=1S/C13H20N2/c1-5-15(11(2)3)13(14-4)12-9-7-6-8-10-12/h6-11H,5H2,1-4H3/b14-13+. The molecule has 0 spiro atoms. The predicted molar refractivity (Wildman–Crippen MR) is 66.4 cm³/mol. The van der Waals surface area contributed by atoms with Gasteiger partial charge in [0.15, 0.2) is 0 Å². The number of benzene rings is 1. The van der Waals surface area contributed by atoms with Crippen molar-refractivity contribution in [3.63, 3.8) is 0 Å². The van der Waals surface area contributed by atoms with Gasteiger partial charge in [-0.3, -0.25) is 4.99 Å². The van der Waals surface area contributed by atoms with Crippen LogP contribution in [0.25, 0.3) is 0 Å². The van der Waals surface area contributed by atoms with Gasteiger partial charge < -0.3 is 4.90 Å². The van der Waals surface area contributed by atoms with Gasteiger partial charge in [-0.15, -0.1) is 0 Å². The Bertz CT molecular complexity index is 315. The summed E-state index contributed by atoms with van der Waals surface area (Å²) in [6.45, 7) is 7.53. The lowest BCUT2D eigenvalue weighted by Crippen LogP contribution is -2.37. The van der Waals surface area contributed by atoms with E-state index < -0.39 is 0 Å². The molecule has 1 aromatic rings. The van der Waals surface area contributed by atoms with Gasteiger partial charge in [0.05, 0.1) is 0 Å². The lowest BCUT2D eigenvalue weighted by Gasteiger charge is -2.28. The maximum absolute atomic E-state index is 4.39. The largest absolute Gasteiger partial charge is 0.354 e. The van der Waals surface area contributed by atoms with Crippen LogP contribution in [0.4, 0.5) is 0 Å². The predicted octanol–water partition coefficient (Wildman–Crippen LogP) is 2.79. The first-order valence-corrected chi connectivity index (χ1v) is 5.49. The van der Waals surface area contributed by atoms with Gasteiger partial charge in [0.25, 0.3) is 0 Å². The first kappa shape index (κ1) is 11.8. The Balaban J connectivity index is 2.99. The quantitative estimate of drug-likeness (QED) is 0.546. The summed E-state index contributed by atoms with van der Waals surface area (Å²) in [6.07, 6.45) is 0. The Morgan fingerprint density at radius 3 is 2.27 bits per heavy atom. The van der Waals surface area contributed by atoms with Crippen LogP contribution in [0.2, 0.25) is 0 Å². The van der Waals surface area contributed by atoms with E-state index in [2.05, 4.69) is 54.9 Å². The highest BCUT2D eigenvalue weighted by molar-refractivity contribution is 5.98. The molecule has 82 valence electrons. The number of rotatable bonds is 3. The van der Waals surface area contributed by atoms with Crippen LogP contribution in [0.3, 0.4) is 0 Å². The van der Waals surface area contributed by atoms with E-state index in [-0.39, 0.29) is 0 Å². The van der Waals surface area contributed by atoms with Crippen LogP contribution in [0.15, 0.2) is 35.3 Å². The molecule has 0 atom stereocenters. The van der Waals surface area contributed by atoms with Crippen LogP contribution in [-0.2, 0) is 0 Å². The molecule has 0 unspecified atom stereocenters.